The Hall–Kier alpha value is -6.44. The highest BCUT2D eigenvalue weighted by Crippen LogP contribution is 2.56. The zero-order chi connectivity index (χ0) is 39.6. The largest absolute Gasteiger partial charge is 0.310 e. The van der Waals surface area contributed by atoms with Gasteiger partial charge in [0, 0.05) is 33.2 Å². The molecule has 1 heteroatoms. The summed E-state index contributed by atoms with van der Waals surface area (Å²) in [5, 5.41) is 0. The van der Waals surface area contributed by atoms with Gasteiger partial charge in [0.1, 0.15) is 0 Å². The lowest BCUT2D eigenvalue weighted by molar-refractivity contribution is 0.660. The third-order valence-corrected chi connectivity index (χ3v) is 13.9. The molecule has 8 aromatic carbocycles. The highest BCUT2D eigenvalue weighted by molar-refractivity contribution is 5.99. The standard InChI is InChI=1S/C57H47N/c1-55(2)49-29-13-9-23-46(49)53-44(25-17-30-50(53)55)43-22-10-14-31-52(43)58(38-32-33-42-40-20-7-11-27-47(40)56(3,4)51(42)35-38)37-19-15-18-36(34-37)39-24-16-26-45-41-21-8-12-28-48(41)57(5,6)54(39)45/h7-35H,1-6H3. The second-order valence-corrected chi connectivity index (χ2v) is 18.1. The van der Waals surface area contributed by atoms with Crippen LogP contribution in [0.3, 0.4) is 0 Å². The molecule has 0 aliphatic heterocycles. The molecule has 1 nitrogen and oxygen atoms in total. The SMILES string of the molecule is CC1(C)c2ccccc2-c2ccc(N(c3cccc(-c4cccc5c4C(C)(C)c4ccccc4-5)c3)c3ccccc3-c3cccc4c3-c3ccccc3C4(C)C)cc21. The summed E-state index contributed by atoms with van der Waals surface area (Å²) >= 11 is 0. The molecule has 58 heavy (non-hydrogen) atoms. The molecule has 0 spiro atoms. The minimum Gasteiger partial charge on any atom is -0.310 e. The first-order valence-electron chi connectivity index (χ1n) is 20.8. The number of benzene rings is 8. The first-order valence-corrected chi connectivity index (χ1v) is 20.8. The predicted octanol–water partition coefficient (Wildman–Crippen LogP) is 15.4. The first-order chi connectivity index (χ1) is 28.1. The van der Waals surface area contributed by atoms with Crippen molar-refractivity contribution >= 4 is 17.1 Å². The van der Waals surface area contributed by atoms with Crippen molar-refractivity contribution in [2.24, 2.45) is 0 Å². The molecular weight excluding hydrogens is 699 g/mol. The van der Waals surface area contributed by atoms with Crippen LogP contribution >= 0.6 is 0 Å². The Morgan fingerprint density at radius 3 is 1.55 bits per heavy atom. The smallest absolute Gasteiger partial charge is 0.0540 e. The summed E-state index contributed by atoms with van der Waals surface area (Å²) in [6.07, 6.45) is 0. The molecular formula is C57H47N. The van der Waals surface area contributed by atoms with Crippen molar-refractivity contribution in [3.8, 4) is 55.6 Å². The predicted molar refractivity (Wildman–Crippen MR) is 245 cm³/mol. The molecule has 0 aromatic heterocycles. The lowest BCUT2D eigenvalue weighted by Crippen LogP contribution is -2.17. The van der Waals surface area contributed by atoms with E-state index in [-0.39, 0.29) is 16.2 Å². The second-order valence-electron chi connectivity index (χ2n) is 18.1. The molecule has 0 amide bonds. The van der Waals surface area contributed by atoms with Crippen LogP contribution in [-0.4, -0.2) is 0 Å². The second kappa shape index (κ2) is 12.3. The van der Waals surface area contributed by atoms with Gasteiger partial charge in [-0.2, -0.15) is 0 Å². The minimum absolute atomic E-state index is 0.0884. The van der Waals surface area contributed by atoms with Gasteiger partial charge in [-0.1, -0.05) is 187 Å². The Labute approximate surface area is 343 Å². The fraction of sp³-hybridized carbons (Fsp3) is 0.158. The average molecular weight is 746 g/mol. The van der Waals surface area contributed by atoms with Crippen LogP contribution in [0.4, 0.5) is 17.1 Å². The van der Waals surface area contributed by atoms with Crippen molar-refractivity contribution < 1.29 is 0 Å². The van der Waals surface area contributed by atoms with Crippen LogP contribution in [0.15, 0.2) is 176 Å². The number of rotatable bonds is 5. The molecule has 0 saturated carbocycles. The van der Waals surface area contributed by atoms with Crippen LogP contribution in [0.25, 0.3) is 55.6 Å². The average Bonchev–Trinajstić information content (AvgIpc) is 3.74. The summed E-state index contributed by atoms with van der Waals surface area (Å²) in [6.45, 7) is 14.3. The van der Waals surface area contributed by atoms with Gasteiger partial charge in [-0.05, 0) is 114 Å². The van der Waals surface area contributed by atoms with Gasteiger partial charge in [-0.3, -0.25) is 0 Å². The summed E-state index contributed by atoms with van der Waals surface area (Å²) in [6, 6.07) is 66.2. The third-order valence-electron chi connectivity index (χ3n) is 13.9. The summed E-state index contributed by atoms with van der Waals surface area (Å²) in [4.78, 5) is 2.52. The number of hydrogen-bond donors (Lipinski definition) is 0. The fourth-order valence-electron chi connectivity index (χ4n) is 11.0. The van der Waals surface area contributed by atoms with E-state index in [0.717, 1.165) is 17.1 Å². The van der Waals surface area contributed by atoms with Crippen molar-refractivity contribution in [3.05, 3.63) is 209 Å². The normalized spacial score (nSPS) is 15.5. The lowest BCUT2D eigenvalue weighted by Gasteiger charge is -2.31. The lowest BCUT2D eigenvalue weighted by atomic mass is 9.79. The molecule has 280 valence electrons. The zero-order valence-electron chi connectivity index (χ0n) is 34.2. The van der Waals surface area contributed by atoms with Gasteiger partial charge in [0.05, 0.1) is 5.69 Å². The molecule has 0 atom stereocenters. The van der Waals surface area contributed by atoms with Crippen molar-refractivity contribution in [2.45, 2.75) is 57.8 Å². The van der Waals surface area contributed by atoms with Crippen LogP contribution in [0, 0.1) is 0 Å². The Morgan fingerprint density at radius 1 is 0.310 bits per heavy atom. The molecule has 0 heterocycles. The van der Waals surface area contributed by atoms with Crippen LogP contribution in [0.5, 0.6) is 0 Å². The van der Waals surface area contributed by atoms with Crippen LogP contribution in [0.2, 0.25) is 0 Å². The van der Waals surface area contributed by atoms with Crippen LogP contribution in [-0.2, 0) is 16.2 Å². The van der Waals surface area contributed by atoms with Gasteiger partial charge in [0.15, 0.2) is 0 Å². The molecule has 0 fully saturated rings. The van der Waals surface area contributed by atoms with E-state index >= 15 is 0 Å². The highest BCUT2D eigenvalue weighted by atomic mass is 15.1. The Kier molecular flexibility index (Phi) is 7.36. The maximum absolute atomic E-state index is 2.52. The molecule has 0 unspecified atom stereocenters. The monoisotopic (exact) mass is 745 g/mol. The maximum atomic E-state index is 2.52. The number of anilines is 3. The summed E-state index contributed by atoms with van der Waals surface area (Å²) in [7, 11) is 0. The van der Waals surface area contributed by atoms with Gasteiger partial charge in [0.25, 0.3) is 0 Å². The van der Waals surface area contributed by atoms with E-state index in [4.69, 9.17) is 0 Å². The van der Waals surface area contributed by atoms with Crippen LogP contribution < -0.4 is 4.90 Å². The number of fused-ring (bicyclic) bond motifs is 9. The van der Waals surface area contributed by atoms with Crippen molar-refractivity contribution in [1.29, 1.82) is 0 Å². The van der Waals surface area contributed by atoms with Crippen molar-refractivity contribution in [3.63, 3.8) is 0 Å². The number of hydrogen-bond acceptors (Lipinski definition) is 1. The van der Waals surface area contributed by atoms with Gasteiger partial charge in [0.2, 0.25) is 0 Å². The van der Waals surface area contributed by atoms with E-state index in [9.17, 15) is 0 Å². The minimum atomic E-state index is -0.129. The molecule has 0 bridgehead atoms. The molecule has 3 aliphatic rings. The van der Waals surface area contributed by atoms with E-state index in [1.54, 1.807) is 0 Å². The highest BCUT2D eigenvalue weighted by Gasteiger charge is 2.40. The molecule has 0 N–H and O–H groups in total. The Morgan fingerprint density at radius 2 is 0.793 bits per heavy atom. The van der Waals surface area contributed by atoms with Gasteiger partial charge in [-0.25, -0.2) is 0 Å². The summed E-state index contributed by atoms with van der Waals surface area (Å²) in [5.74, 6) is 0. The van der Waals surface area contributed by atoms with E-state index in [2.05, 4.69) is 222 Å². The molecule has 8 aromatic rings. The number of nitrogens with zero attached hydrogens (tertiary/aromatic N) is 1. The van der Waals surface area contributed by atoms with Gasteiger partial charge in [-0.15, -0.1) is 0 Å². The van der Waals surface area contributed by atoms with E-state index in [1.165, 1.54) is 89.0 Å². The molecule has 3 aliphatic carbocycles. The van der Waals surface area contributed by atoms with Crippen LogP contribution in [0.1, 0.15) is 74.9 Å². The fourth-order valence-corrected chi connectivity index (χ4v) is 11.0. The maximum Gasteiger partial charge on any atom is 0.0540 e. The van der Waals surface area contributed by atoms with Crippen molar-refractivity contribution in [2.75, 3.05) is 4.90 Å². The summed E-state index contributed by atoms with van der Waals surface area (Å²) < 4.78 is 0. The molecule has 11 rings (SSSR count). The van der Waals surface area contributed by atoms with E-state index in [0.29, 0.717) is 0 Å². The Bertz CT molecular complexity index is 2990. The van der Waals surface area contributed by atoms with E-state index < -0.39 is 0 Å². The molecule has 0 saturated heterocycles. The zero-order valence-corrected chi connectivity index (χ0v) is 34.2. The topological polar surface area (TPSA) is 3.24 Å². The van der Waals surface area contributed by atoms with Crippen molar-refractivity contribution in [1.82, 2.24) is 0 Å². The van der Waals surface area contributed by atoms with Gasteiger partial charge < -0.3 is 4.90 Å². The van der Waals surface area contributed by atoms with E-state index in [1.807, 2.05) is 0 Å². The third kappa shape index (κ3) is 4.77. The van der Waals surface area contributed by atoms with Gasteiger partial charge >= 0.3 is 0 Å². The number of para-hydroxylation sites is 1. The molecule has 0 radical (unpaired) electrons. The summed E-state index contributed by atoms with van der Waals surface area (Å²) in [5.41, 5.74) is 24.5. The quantitative estimate of drug-likeness (QED) is 0.170. The Balaban J connectivity index is 1.14. The first kappa shape index (κ1) is 34.8.